The first kappa shape index (κ1) is 9.99. The molecule has 2 N–H and O–H groups in total. The molecule has 2 rings (SSSR count). The molecular formula is C11H15BrN2. The lowest BCUT2D eigenvalue weighted by molar-refractivity contribution is 0.898. The summed E-state index contributed by atoms with van der Waals surface area (Å²) in [7, 11) is 2.15. The fourth-order valence-electron chi connectivity index (χ4n) is 1.70. The highest BCUT2D eigenvalue weighted by Gasteiger charge is 2.27. The fourth-order valence-corrected chi connectivity index (χ4v) is 2.05. The fraction of sp³-hybridized carbons (Fsp3) is 0.455. The molecule has 76 valence electrons. The van der Waals surface area contributed by atoms with Crippen LogP contribution in [0.4, 0.5) is 5.69 Å². The molecule has 0 saturated heterocycles. The van der Waals surface area contributed by atoms with Gasteiger partial charge in [0.1, 0.15) is 0 Å². The van der Waals surface area contributed by atoms with Gasteiger partial charge in [0.15, 0.2) is 0 Å². The van der Waals surface area contributed by atoms with E-state index in [2.05, 4.69) is 40.0 Å². The minimum absolute atomic E-state index is 0.611. The second-order valence-corrected chi connectivity index (χ2v) is 4.73. The predicted molar refractivity (Wildman–Crippen MR) is 63.5 cm³/mol. The van der Waals surface area contributed by atoms with Crippen molar-refractivity contribution in [2.75, 3.05) is 11.9 Å². The topological polar surface area (TPSA) is 29.3 Å². The smallest absolute Gasteiger partial charge is 0.0422 e. The van der Waals surface area contributed by atoms with E-state index in [0.29, 0.717) is 6.54 Å². The Morgan fingerprint density at radius 2 is 2.21 bits per heavy atom. The van der Waals surface area contributed by atoms with Gasteiger partial charge in [0.2, 0.25) is 0 Å². The van der Waals surface area contributed by atoms with Crippen molar-refractivity contribution in [1.29, 1.82) is 0 Å². The standard InChI is InChI=1S/C11H15BrN2/c1-14(10-4-5-10)11-6-9(12)3-2-8(11)7-13/h2-3,6,10H,4-5,7,13H2,1H3. The highest BCUT2D eigenvalue weighted by atomic mass is 79.9. The van der Waals surface area contributed by atoms with Gasteiger partial charge in [-0.2, -0.15) is 0 Å². The van der Waals surface area contributed by atoms with Gasteiger partial charge in [-0.3, -0.25) is 0 Å². The van der Waals surface area contributed by atoms with Gasteiger partial charge in [0.25, 0.3) is 0 Å². The first-order chi connectivity index (χ1) is 6.72. The second kappa shape index (κ2) is 3.91. The van der Waals surface area contributed by atoms with Crippen molar-refractivity contribution in [1.82, 2.24) is 0 Å². The number of nitrogens with two attached hydrogens (primary N) is 1. The SMILES string of the molecule is CN(c1cc(Br)ccc1CN)C1CC1. The van der Waals surface area contributed by atoms with Crippen LogP contribution in [0.3, 0.4) is 0 Å². The summed E-state index contributed by atoms with van der Waals surface area (Å²) in [6, 6.07) is 7.03. The third-order valence-corrected chi connectivity index (χ3v) is 3.24. The average molecular weight is 255 g/mol. The van der Waals surface area contributed by atoms with Crippen molar-refractivity contribution in [2.45, 2.75) is 25.4 Å². The normalized spacial score (nSPS) is 15.6. The van der Waals surface area contributed by atoms with Gasteiger partial charge in [-0.1, -0.05) is 22.0 Å². The Morgan fingerprint density at radius 1 is 1.50 bits per heavy atom. The maximum Gasteiger partial charge on any atom is 0.0422 e. The van der Waals surface area contributed by atoms with Crippen LogP contribution in [0.15, 0.2) is 22.7 Å². The van der Waals surface area contributed by atoms with Crippen LogP contribution in [0.2, 0.25) is 0 Å². The molecule has 0 aliphatic heterocycles. The van der Waals surface area contributed by atoms with Gasteiger partial charge < -0.3 is 10.6 Å². The molecule has 0 heterocycles. The van der Waals surface area contributed by atoms with Gasteiger partial charge in [-0.25, -0.2) is 0 Å². The third kappa shape index (κ3) is 1.93. The van der Waals surface area contributed by atoms with Crippen LogP contribution in [-0.2, 0) is 6.54 Å². The predicted octanol–water partition coefficient (Wildman–Crippen LogP) is 2.51. The van der Waals surface area contributed by atoms with Gasteiger partial charge in [0.05, 0.1) is 0 Å². The Morgan fingerprint density at radius 3 is 2.79 bits per heavy atom. The molecule has 0 aromatic heterocycles. The van der Waals surface area contributed by atoms with E-state index < -0.39 is 0 Å². The molecule has 3 heteroatoms. The van der Waals surface area contributed by atoms with E-state index in [0.717, 1.165) is 10.5 Å². The van der Waals surface area contributed by atoms with Crippen LogP contribution in [0.5, 0.6) is 0 Å². The molecule has 0 radical (unpaired) electrons. The van der Waals surface area contributed by atoms with Crippen LogP contribution < -0.4 is 10.6 Å². The minimum atomic E-state index is 0.611. The van der Waals surface area contributed by atoms with E-state index in [9.17, 15) is 0 Å². The lowest BCUT2D eigenvalue weighted by Crippen LogP contribution is -2.21. The van der Waals surface area contributed by atoms with Crippen molar-refractivity contribution < 1.29 is 0 Å². The van der Waals surface area contributed by atoms with E-state index >= 15 is 0 Å². The summed E-state index contributed by atoms with van der Waals surface area (Å²) in [4.78, 5) is 2.34. The number of hydrogen-bond donors (Lipinski definition) is 1. The molecule has 2 nitrogen and oxygen atoms in total. The maximum absolute atomic E-state index is 5.72. The molecule has 1 aliphatic carbocycles. The van der Waals surface area contributed by atoms with Crippen molar-refractivity contribution in [3.63, 3.8) is 0 Å². The minimum Gasteiger partial charge on any atom is -0.371 e. The van der Waals surface area contributed by atoms with Crippen molar-refractivity contribution in [3.05, 3.63) is 28.2 Å². The first-order valence-corrected chi connectivity index (χ1v) is 5.73. The number of nitrogens with zero attached hydrogens (tertiary/aromatic N) is 1. The van der Waals surface area contributed by atoms with Crippen LogP contribution in [-0.4, -0.2) is 13.1 Å². The molecule has 0 spiro atoms. The summed E-state index contributed by atoms with van der Waals surface area (Å²) in [6.07, 6.45) is 2.63. The second-order valence-electron chi connectivity index (χ2n) is 3.82. The van der Waals surface area contributed by atoms with Gasteiger partial charge in [0, 0.05) is 29.8 Å². The highest BCUT2D eigenvalue weighted by molar-refractivity contribution is 9.10. The van der Waals surface area contributed by atoms with Crippen molar-refractivity contribution in [2.24, 2.45) is 5.73 Å². The summed E-state index contributed by atoms with van der Waals surface area (Å²) in [6.45, 7) is 0.611. The van der Waals surface area contributed by atoms with E-state index in [1.807, 2.05) is 6.07 Å². The number of anilines is 1. The van der Waals surface area contributed by atoms with Crippen LogP contribution >= 0.6 is 15.9 Å². The molecule has 0 atom stereocenters. The average Bonchev–Trinajstić information content (AvgIpc) is 3.00. The summed E-state index contributed by atoms with van der Waals surface area (Å²) in [5.41, 5.74) is 8.21. The molecule has 0 unspecified atom stereocenters. The van der Waals surface area contributed by atoms with E-state index in [4.69, 9.17) is 5.73 Å². The summed E-state index contributed by atoms with van der Waals surface area (Å²) in [5, 5.41) is 0. The monoisotopic (exact) mass is 254 g/mol. The largest absolute Gasteiger partial charge is 0.371 e. The number of hydrogen-bond acceptors (Lipinski definition) is 2. The molecule has 0 bridgehead atoms. The first-order valence-electron chi connectivity index (χ1n) is 4.93. The summed E-state index contributed by atoms with van der Waals surface area (Å²) >= 11 is 3.50. The van der Waals surface area contributed by atoms with Gasteiger partial charge in [-0.15, -0.1) is 0 Å². The van der Waals surface area contributed by atoms with E-state index in [1.165, 1.54) is 24.1 Å². The van der Waals surface area contributed by atoms with E-state index in [1.54, 1.807) is 0 Å². The molecular weight excluding hydrogens is 240 g/mol. The van der Waals surface area contributed by atoms with Gasteiger partial charge >= 0.3 is 0 Å². The van der Waals surface area contributed by atoms with Crippen LogP contribution in [0.25, 0.3) is 0 Å². The van der Waals surface area contributed by atoms with Crippen molar-refractivity contribution >= 4 is 21.6 Å². The van der Waals surface area contributed by atoms with Gasteiger partial charge in [-0.05, 0) is 30.5 Å². The Bertz CT molecular complexity index is 334. The lowest BCUT2D eigenvalue weighted by atomic mass is 10.1. The molecule has 1 fully saturated rings. The highest BCUT2D eigenvalue weighted by Crippen LogP contribution is 2.33. The zero-order valence-electron chi connectivity index (χ0n) is 8.33. The zero-order chi connectivity index (χ0) is 10.1. The van der Waals surface area contributed by atoms with Crippen LogP contribution in [0.1, 0.15) is 18.4 Å². The number of rotatable bonds is 3. The summed E-state index contributed by atoms with van der Waals surface area (Å²) < 4.78 is 1.12. The third-order valence-electron chi connectivity index (χ3n) is 2.74. The Balaban J connectivity index is 2.32. The Labute approximate surface area is 93.2 Å². The maximum atomic E-state index is 5.72. The summed E-state index contributed by atoms with van der Waals surface area (Å²) in [5.74, 6) is 0. The molecule has 0 amide bonds. The molecule has 1 aromatic carbocycles. The van der Waals surface area contributed by atoms with Crippen LogP contribution in [0, 0.1) is 0 Å². The van der Waals surface area contributed by atoms with E-state index in [-0.39, 0.29) is 0 Å². The number of halogens is 1. The molecule has 1 aliphatic rings. The Hall–Kier alpha value is -0.540. The number of benzene rings is 1. The van der Waals surface area contributed by atoms with Crippen molar-refractivity contribution in [3.8, 4) is 0 Å². The quantitative estimate of drug-likeness (QED) is 0.899. The zero-order valence-corrected chi connectivity index (χ0v) is 9.92. The molecule has 1 saturated carbocycles. The lowest BCUT2D eigenvalue weighted by Gasteiger charge is -2.22. The molecule has 1 aromatic rings. The Kier molecular flexibility index (Phi) is 2.79. The molecule has 14 heavy (non-hydrogen) atoms.